The molecule has 1 unspecified atom stereocenters. The van der Waals surface area contributed by atoms with Gasteiger partial charge in [-0.3, -0.25) is 14.4 Å². The topological polar surface area (TPSA) is 38.8 Å². The van der Waals surface area contributed by atoms with Crippen LogP contribution in [0.2, 0.25) is 0 Å². The van der Waals surface area contributed by atoms with Crippen molar-refractivity contribution in [1.29, 1.82) is 0 Å². The van der Waals surface area contributed by atoms with Crippen LogP contribution >= 0.6 is 0 Å². The van der Waals surface area contributed by atoms with E-state index in [1.165, 1.54) is 0 Å². The van der Waals surface area contributed by atoms with Crippen LogP contribution in [0.5, 0.6) is 0 Å². The first kappa shape index (κ1) is 15.2. The van der Waals surface area contributed by atoms with E-state index in [9.17, 15) is 18.0 Å². The summed E-state index contributed by atoms with van der Waals surface area (Å²) in [5.74, 6) is -0.357. The average Bonchev–Trinajstić information content (AvgIpc) is 2.28. The molecule has 0 saturated carbocycles. The zero-order chi connectivity index (χ0) is 13.6. The summed E-state index contributed by atoms with van der Waals surface area (Å²) >= 11 is 0. The number of nitrogens with zero attached hydrogens (tertiary/aromatic N) is 1. The molecular formula is C11H18F3NO3. The van der Waals surface area contributed by atoms with Gasteiger partial charge in [-0.1, -0.05) is 6.42 Å². The molecule has 4 nitrogen and oxygen atoms in total. The Kier molecular flexibility index (Phi) is 5.87. The third-order valence-electron chi connectivity index (χ3n) is 2.82. The normalized spacial score (nSPS) is 21.9. The summed E-state index contributed by atoms with van der Waals surface area (Å²) in [4.78, 5) is 13.3. The molecule has 1 aliphatic rings. The Hall–Kier alpha value is -0.820. The molecule has 1 rings (SSSR count). The number of hydrogen-bond donors (Lipinski definition) is 0. The van der Waals surface area contributed by atoms with Crippen LogP contribution < -0.4 is 0 Å². The molecule has 0 bridgehead atoms. The highest BCUT2D eigenvalue weighted by molar-refractivity contribution is 5.75. The van der Waals surface area contributed by atoms with Gasteiger partial charge in [0, 0.05) is 6.54 Å². The first-order chi connectivity index (χ1) is 8.44. The number of esters is 1. The van der Waals surface area contributed by atoms with Crippen molar-refractivity contribution in [3.8, 4) is 0 Å². The first-order valence-electron chi connectivity index (χ1n) is 6.05. The van der Waals surface area contributed by atoms with Crippen LogP contribution in [0.4, 0.5) is 13.2 Å². The standard InChI is InChI=1S/C11H18F3NO3/c1-2-17-10(16)9-5-3-4-6-15(9)7-8-18-11(12,13)14/h9H,2-8H2,1H3. The Morgan fingerprint density at radius 3 is 2.72 bits per heavy atom. The number of halogens is 3. The van der Waals surface area contributed by atoms with Crippen LogP contribution in [0.25, 0.3) is 0 Å². The number of alkyl halides is 3. The minimum Gasteiger partial charge on any atom is -0.465 e. The molecule has 1 saturated heterocycles. The number of rotatable bonds is 5. The van der Waals surface area contributed by atoms with Crippen molar-refractivity contribution in [2.24, 2.45) is 0 Å². The third-order valence-corrected chi connectivity index (χ3v) is 2.82. The molecule has 1 fully saturated rings. The smallest absolute Gasteiger partial charge is 0.465 e. The van der Waals surface area contributed by atoms with E-state index in [-0.39, 0.29) is 19.1 Å². The highest BCUT2D eigenvalue weighted by Gasteiger charge is 2.32. The van der Waals surface area contributed by atoms with E-state index in [1.807, 2.05) is 0 Å². The van der Waals surface area contributed by atoms with E-state index in [4.69, 9.17) is 4.74 Å². The fraction of sp³-hybridized carbons (Fsp3) is 0.909. The zero-order valence-corrected chi connectivity index (χ0v) is 10.3. The van der Waals surface area contributed by atoms with Crippen LogP contribution in [0.1, 0.15) is 26.2 Å². The lowest BCUT2D eigenvalue weighted by Gasteiger charge is -2.33. The Morgan fingerprint density at radius 1 is 1.39 bits per heavy atom. The van der Waals surface area contributed by atoms with Gasteiger partial charge in [-0.25, -0.2) is 0 Å². The van der Waals surface area contributed by atoms with E-state index >= 15 is 0 Å². The van der Waals surface area contributed by atoms with Crippen molar-refractivity contribution < 1.29 is 27.4 Å². The number of carbonyl (C=O) groups is 1. The van der Waals surface area contributed by atoms with E-state index in [2.05, 4.69) is 4.74 Å². The molecule has 7 heteroatoms. The highest BCUT2D eigenvalue weighted by Crippen LogP contribution is 2.20. The maximum absolute atomic E-state index is 11.9. The van der Waals surface area contributed by atoms with Gasteiger partial charge in [-0.15, -0.1) is 13.2 Å². The zero-order valence-electron chi connectivity index (χ0n) is 10.3. The quantitative estimate of drug-likeness (QED) is 0.715. The van der Waals surface area contributed by atoms with Crippen molar-refractivity contribution in [3.63, 3.8) is 0 Å². The summed E-state index contributed by atoms with van der Waals surface area (Å²) in [5.41, 5.74) is 0. The van der Waals surface area contributed by atoms with Gasteiger partial charge in [0.15, 0.2) is 0 Å². The van der Waals surface area contributed by atoms with Gasteiger partial charge in [0.2, 0.25) is 0 Å². The number of ether oxygens (including phenoxy) is 2. The molecule has 18 heavy (non-hydrogen) atoms. The van der Waals surface area contributed by atoms with Crippen molar-refractivity contribution >= 4 is 5.97 Å². The van der Waals surface area contributed by atoms with E-state index in [0.29, 0.717) is 13.0 Å². The van der Waals surface area contributed by atoms with Crippen LogP contribution in [0.15, 0.2) is 0 Å². The van der Waals surface area contributed by atoms with E-state index in [0.717, 1.165) is 12.8 Å². The number of likely N-dealkylation sites (tertiary alicyclic amines) is 1. The molecule has 1 aliphatic heterocycles. The monoisotopic (exact) mass is 269 g/mol. The largest absolute Gasteiger partial charge is 0.522 e. The molecule has 1 atom stereocenters. The molecule has 0 radical (unpaired) electrons. The van der Waals surface area contributed by atoms with Crippen molar-refractivity contribution in [2.45, 2.75) is 38.6 Å². The molecular weight excluding hydrogens is 251 g/mol. The summed E-state index contributed by atoms with van der Waals surface area (Å²) in [6, 6.07) is -0.435. The average molecular weight is 269 g/mol. The number of carbonyl (C=O) groups excluding carboxylic acids is 1. The van der Waals surface area contributed by atoms with Gasteiger partial charge in [-0.2, -0.15) is 0 Å². The second-order valence-corrected chi connectivity index (χ2v) is 4.09. The van der Waals surface area contributed by atoms with Gasteiger partial charge >= 0.3 is 12.3 Å². The van der Waals surface area contributed by atoms with Gasteiger partial charge in [0.25, 0.3) is 0 Å². The van der Waals surface area contributed by atoms with Crippen LogP contribution in [0.3, 0.4) is 0 Å². The minimum absolute atomic E-state index is 0.0863. The van der Waals surface area contributed by atoms with Crippen LogP contribution in [-0.4, -0.2) is 49.6 Å². The van der Waals surface area contributed by atoms with Crippen molar-refractivity contribution in [3.05, 3.63) is 0 Å². The maximum Gasteiger partial charge on any atom is 0.522 e. The van der Waals surface area contributed by atoms with Crippen LogP contribution in [0, 0.1) is 0 Å². The molecule has 0 N–H and O–H groups in total. The second-order valence-electron chi connectivity index (χ2n) is 4.09. The highest BCUT2D eigenvalue weighted by atomic mass is 19.4. The van der Waals surface area contributed by atoms with E-state index in [1.54, 1.807) is 11.8 Å². The van der Waals surface area contributed by atoms with Crippen molar-refractivity contribution in [2.75, 3.05) is 26.3 Å². The number of hydrogen-bond acceptors (Lipinski definition) is 4. The second kappa shape index (κ2) is 6.94. The summed E-state index contributed by atoms with van der Waals surface area (Å²) < 4.78 is 44.2. The Balaban J connectivity index is 2.42. The minimum atomic E-state index is -4.62. The predicted molar refractivity (Wildman–Crippen MR) is 57.9 cm³/mol. The summed E-state index contributed by atoms with van der Waals surface area (Å²) in [6.07, 6.45) is -2.22. The Labute approximate surface area is 104 Å². The van der Waals surface area contributed by atoms with E-state index < -0.39 is 19.0 Å². The predicted octanol–water partition coefficient (Wildman–Crippen LogP) is 1.94. The van der Waals surface area contributed by atoms with Gasteiger partial charge in [0.1, 0.15) is 6.04 Å². The molecule has 0 aromatic carbocycles. The lowest BCUT2D eigenvalue weighted by Crippen LogP contribution is -2.47. The van der Waals surface area contributed by atoms with Crippen molar-refractivity contribution in [1.82, 2.24) is 4.90 Å². The molecule has 0 amide bonds. The SMILES string of the molecule is CCOC(=O)C1CCCCN1CCOC(F)(F)F. The molecule has 1 heterocycles. The maximum atomic E-state index is 11.9. The van der Waals surface area contributed by atoms with Gasteiger partial charge < -0.3 is 4.74 Å². The lowest BCUT2D eigenvalue weighted by atomic mass is 10.0. The Morgan fingerprint density at radius 2 is 2.11 bits per heavy atom. The molecule has 0 spiro atoms. The summed E-state index contributed by atoms with van der Waals surface area (Å²) in [6.45, 7) is 2.22. The number of piperidine rings is 1. The molecule has 0 aromatic rings. The first-order valence-corrected chi connectivity index (χ1v) is 6.05. The van der Waals surface area contributed by atoms with Gasteiger partial charge in [0.05, 0.1) is 13.2 Å². The van der Waals surface area contributed by atoms with Gasteiger partial charge in [-0.05, 0) is 26.3 Å². The molecule has 0 aliphatic carbocycles. The summed E-state index contributed by atoms with van der Waals surface area (Å²) in [7, 11) is 0. The molecule has 0 aromatic heterocycles. The fourth-order valence-electron chi connectivity index (χ4n) is 2.04. The fourth-order valence-corrected chi connectivity index (χ4v) is 2.04. The summed E-state index contributed by atoms with van der Waals surface area (Å²) in [5, 5.41) is 0. The lowest BCUT2D eigenvalue weighted by molar-refractivity contribution is -0.325. The Bertz CT molecular complexity index is 271. The van der Waals surface area contributed by atoms with Crippen LogP contribution in [-0.2, 0) is 14.3 Å². The third kappa shape index (κ3) is 5.22. The molecule has 106 valence electrons.